The van der Waals surface area contributed by atoms with E-state index in [9.17, 15) is 9.59 Å². The Bertz CT molecular complexity index is 1700. The second-order valence-electron chi connectivity index (χ2n) is 11.5. The highest BCUT2D eigenvalue weighted by molar-refractivity contribution is 9.09. The molecule has 2 heterocycles. The lowest BCUT2D eigenvalue weighted by Gasteiger charge is -2.22. The summed E-state index contributed by atoms with van der Waals surface area (Å²) >= 11 is 16.3. The van der Waals surface area contributed by atoms with Crippen LogP contribution in [0.2, 0.25) is 10.0 Å². The highest BCUT2D eigenvalue weighted by Crippen LogP contribution is 2.45. The average molecular weight is 648 g/mol. The van der Waals surface area contributed by atoms with E-state index in [0.717, 1.165) is 10.8 Å². The van der Waals surface area contributed by atoms with E-state index in [2.05, 4.69) is 15.9 Å². The van der Waals surface area contributed by atoms with E-state index in [0.29, 0.717) is 54.0 Å². The third-order valence-electron chi connectivity index (χ3n) is 6.13. The number of hydrogen-bond donors (Lipinski definition) is 0. The van der Waals surface area contributed by atoms with E-state index in [4.69, 9.17) is 37.4 Å². The second-order valence-corrected chi connectivity index (χ2v) is 13.2. The van der Waals surface area contributed by atoms with E-state index in [-0.39, 0.29) is 6.61 Å². The molecule has 0 radical (unpaired) electrons. The molecule has 0 aliphatic heterocycles. The number of aromatic nitrogens is 2. The number of halogens is 3. The normalized spacial score (nSPS) is 12.5. The first-order valence-electron chi connectivity index (χ1n) is 12.8. The second kappa shape index (κ2) is 10.2. The van der Waals surface area contributed by atoms with Gasteiger partial charge in [0.2, 0.25) is 0 Å². The molecular weight excluding hydrogens is 619 g/mol. The molecule has 40 heavy (non-hydrogen) atoms. The van der Waals surface area contributed by atoms with Crippen LogP contribution in [0.4, 0.5) is 9.59 Å². The van der Waals surface area contributed by atoms with Crippen LogP contribution in [-0.2, 0) is 9.47 Å². The number of carbonyl (C=O) groups is 2. The van der Waals surface area contributed by atoms with E-state index in [1.54, 1.807) is 77.9 Å². The van der Waals surface area contributed by atoms with Crippen LogP contribution in [0.25, 0.3) is 43.6 Å². The molecule has 0 bridgehead atoms. The number of nitrogens with zero attached hydrogens (tertiary/aromatic N) is 2. The molecule has 0 spiro atoms. The van der Waals surface area contributed by atoms with Gasteiger partial charge in [-0.2, -0.15) is 0 Å². The summed E-state index contributed by atoms with van der Waals surface area (Å²) in [6.07, 6.45) is -1.17. The number of ether oxygens (including phenoxy) is 3. The topological polar surface area (TPSA) is 71.7 Å². The van der Waals surface area contributed by atoms with Gasteiger partial charge >= 0.3 is 12.2 Å². The third kappa shape index (κ3) is 5.13. The molecule has 5 aromatic rings. The van der Waals surface area contributed by atoms with E-state index in [1.165, 1.54) is 9.13 Å². The minimum absolute atomic E-state index is 0.265. The minimum Gasteiger partial charge on any atom is -0.488 e. The maximum Gasteiger partial charge on any atom is 0.419 e. The van der Waals surface area contributed by atoms with E-state index in [1.807, 2.05) is 6.07 Å². The predicted molar refractivity (Wildman–Crippen MR) is 165 cm³/mol. The minimum atomic E-state index is -0.754. The molecule has 0 saturated carbocycles. The monoisotopic (exact) mass is 646 g/mol. The zero-order valence-electron chi connectivity index (χ0n) is 23.0. The number of rotatable bonds is 3. The first-order valence-corrected chi connectivity index (χ1v) is 14.6. The van der Waals surface area contributed by atoms with Crippen LogP contribution in [0, 0.1) is 0 Å². The highest BCUT2D eigenvalue weighted by atomic mass is 79.9. The molecule has 0 unspecified atom stereocenters. The SMILES string of the molecule is CC(C)(C)OC(=O)n1c2ccc(Cl)cc2c2cc3c4cc(Cl)ccc4n(C(=O)OC(C)(C)C)c3c(OCCBr)c21. The Morgan fingerprint density at radius 3 is 1.52 bits per heavy atom. The van der Waals surface area contributed by atoms with Crippen molar-refractivity contribution in [2.45, 2.75) is 52.7 Å². The highest BCUT2D eigenvalue weighted by Gasteiger charge is 2.30. The lowest BCUT2D eigenvalue weighted by molar-refractivity contribution is 0.0541. The van der Waals surface area contributed by atoms with Gasteiger partial charge in [-0.3, -0.25) is 0 Å². The van der Waals surface area contributed by atoms with Crippen molar-refractivity contribution in [3.05, 3.63) is 52.5 Å². The Hall–Kier alpha value is -2.94. The van der Waals surface area contributed by atoms with Crippen LogP contribution < -0.4 is 4.74 Å². The van der Waals surface area contributed by atoms with Crippen molar-refractivity contribution in [2.24, 2.45) is 0 Å². The molecule has 0 amide bonds. The third-order valence-corrected chi connectivity index (χ3v) is 6.93. The van der Waals surface area contributed by atoms with Crippen molar-refractivity contribution in [3.8, 4) is 5.75 Å². The summed E-state index contributed by atoms with van der Waals surface area (Å²) in [5.41, 5.74) is 0.593. The van der Waals surface area contributed by atoms with Gasteiger partial charge in [-0.25, -0.2) is 18.7 Å². The number of alkyl halides is 1. The van der Waals surface area contributed by atoms with Gasteiger partial charge in [-0.15, -0.1) is 0 Å². The maximum atomic E-state index is 13.7. The molecule has 5 rings (SSSR count). The largest absolute Gasteiger partial charge is 0.488 e. The fourth-order valence-electron chi connectivity index (χ4n) is 4.84. The van der Waals surface area contributed by atoms with Crippen molar-refractivity contribution >= 4 is 94.9 Å². The van der Waals surface area contributed by atoms with Crippen molar-refractivity contribution in [2.75, 3.05) is 11.9 Å². The Labute approximate surface area is 250 Å². The quantitative estimate of drug-likeness (QED) is 0.182. The van der Waals surface area contributed by atoms with Gasteiger partial charge in [-0.1, -0.05) is 39.1 Å². The van der Waals surface area contributed by atoms with Gasteiger partial charge in [0.05, 0.1) is 17.6 Å². The summed E-state index contributed by atoms with van der Waals surface area (Å²) < 4.78 is 21.0. The van der Waals surface area contributed by atoms with Crippen LogP contribution in [0.3, 0.4) is 0 Å². The number of fused-ring (bicyclic) bond motifs is 6. The van der Waals surface area contributed by atoms with Crippen molar-refractivity contribution in [1.29, 1.82) is 0 Å². The molecule has 3 aromatic carbocycles. The summed E-state index contributed by atoms with van der Waals surface area (Å²) in [4.78, 5) is 27.5. The lowest BCUT2D eigenvalue weighted by atomic mass is 10.1. The fraction of sp³-hybridized carbons (Fsp3) is 0.333. The van der Waals surface area contributed by atoms with Gasteiger partial charge in [0, 0.05) is 36.9 Å². The van der Waals surface area contributed by atoms with Crippen LogP contribution in [0.1, 0.15) is 41.5 Å². The fourth-order valence-corrected chi connectivity index (χ4v) is 5.35. The first-order chi connectivity index (χ1) is 18.7. The van der Waals surface area contributed by atoms with Gasteiger partial charge in [0.25, 0.3) is 0 Å². The van der Waals surface area contributed by atoms with Gasteiger partial charge in [-0.05, 0) is 84.0 Å². The van der Waals surface area contributed by atoms with Gasteiger partial charge in [0.15, 0.2) is 5.75 Å². The van der Waals surface area contributed by atoms with Crippen LogP contribution in [0.15, 0.2) is 42.5 Å². The van der Waals surface area contributed by atoms with Crippen LogP contribution in [-0.4, -0.2) is 44.5 Å². The van der Waals surface area contributed by atoms with E-state index >= 15 is 0 Å². The van der Waals surface area contributed by atoms with E-state index < -0.39 is 23.4 Å². The zero-order chi connectivity index (χ0) is 29.1. The summed E-state index contributed by atoms with van der Waals surface area (Å²) in [6.45, 7) is 11.1. The molecule has 0 aliphatic rings. The number of carbonyl (C=O) groups excluding carboxylic acids is 2. The van der Waals surface area contributed by atoms with Crippen molar-refractivity contribution in [3.63, 3.8) is 0 Å². The standard InChI is InChI=1S/C30H29BrCl2N2O5/c1-29(2,3)39-27(36)34-22-9-7-16(32)13-18(22)20-15-21-19-14-17(33)8-10-23(19)35(28(37)40-30(4,5)6)25(21)26(24(20)34)38-12-11-31/h7-10,13-15H,11-12H2,1-6H3. The Kier molecular flexibility index (Phi) is 7.26. The molecule has 0 fully saturated rings. The Morgan fingerprint density at radius 1 is 0.725 bits per heavy atom. The summed E-state index contributed by atoms with van der Waals surface area (Å²) in [5, 5.41) is 4.43. The predicted octanol–water partition coefficient (Wildman–Crippen LogP) is 9.55. The molecule has 0 saturated heterocycles. The number of hydrogen-bond acceptors (Lipinski definition) is 5. The smallest absolute Gasteiger partial charge is 0.419 e. The zero-order valence-corrected chi connectivity index (χ0v) is 26.1. The van der Waals surface area contributed by atoms with Crippen LogP contribution in [0.5, 0.6) is 5.75 Å². The van der Waals surface area contributed by atoms with Crippen molar-refractivity contribution < 1.29 is 23.8 Å². The Balaban J connectivity index is 2.02. The summed E-state index contributed by atoms with van der Waals surface area (Å²) in [7, 11) is 0. The molecule has 0 aliphatic carbocycles. The summed E-state index contributed by atoms with van der Waals surface area (Å²) in [5.74, 6) is 0.336. The molecule has 2 aromatic heterocycles. The number of benzene rings is 3. The Morgan fingerprint density at radius 2 is 1.15 bits per heavy atom. The van der Waals surface area contributed by atoms with Crippen LogP contribution >= 0.6 is 39.1 Å². The molecule has 10 heteroatoms. The molecule has 0 atom stereocenters. The first kappa shape index (κ1) is 28.6. The van der Waals surface area contributed by atoms with Crippen molar-refractivity contribution in [1.82, 2.24) is 9.13 Å². The molecule has 7 nitrogen and oxygen atoms in total. The molecule has 0 N–H and O–H groups in total. The average Bonchev–Trinajstić information content (AvgIpc) is 3.32. The molecular formula is C30H29BrCl2N2O5. The molecule has 210 valence electrons. The van der Waals surface area contributed by atoms with Gasteiger partial charge in [0.1, 0.15) is 22.2 Å². The maximum absolute atomic E-state index is 13.7. The lowest BCUT2D eigenvalue weighted by Crippen LogP contribution is -2.27. The summed E-state index contributed by atoms with van der Waals surface area (Å²) in [6, 6.07) is 12.5. The van der Waals surface area contributed by atoms with Gasteiger partial charge < -0.3 is 14.2 Å².